The first-order valence-corrected chi connectivity index (χ1v) is 11.6. The molecule has 0 radical (unpaired) electrons. The highest BCUT2D eigenvalue weighted by atomic mass is 32.1. The van der Waals surface area contributed by atoms with Crippen molar-refractivity contribution < 1.29 is 10.2 Å². The van der Waals surface area contributed by atoms with Gasteiger partial charge < -0.3 is 15.5 Å². The molecule has 0 aliphatic heterocycles. The second kappa shape index (κ2) is 8.45. The molecule has 2 aromatic carbocycles. The van der Waals surface area contributed by atoms with Crippen molar-refractivity contribution in [1.29, 1.82) is 0 Å². The summed E-state index contributed by atoms with van der Waals surface area (Å²) in [6, 6.07) is 17.6. The van der Waals surface area contributed by atoms with Crippen molar-refractivity contribution in [2.75, 3.05) is 11.9 Å². The summed E-state index contributed by atoms with van der Waals surface area (Å²) in [4.78, 5) is 14.2. The predicted molar refractivity (Wildman–Crippen MR) is 133 cm³/mol. The Hall–Kier alpha value is -3.92. The summed E-state index contributed by atoms with van der Waals surface area (Å²) >= 11 is 1.53. The Morgan fingerprint density at radius 3 is 2.82 bits per heavy atom. The van der Waals surface area contributed by atoms with E-state index in [0.29, 0.717) is 17.9 Å². The van der Waals surface area contributed by atoms with Crippen LogP contribution in [0, 0.1) is 0 Å². The molecular formula is C25H20N6O2S. The normalized spacial score (nSPS) is 12.5. The van der Waals surface area contributed by atoms with Crippen LogP contribution in [0.5, 0.6) is 0 Å². The molecule has 0 bridgehead atoms. The number of hydrogen-bond acceptors (Lipinski definition) is 8. The highest BCUT2D eigenvalue weighted by molar-refractivity contribution is 7.25. The van der Waals surface area contributed by atoms with Crippen molar-refractivity contribution in [3.8, 4) is 0 Å². The maximum Gasteiger partial charge on any atom is 0.143 e. The molecule has 0 spiro atoms. The fraction of sp³-hybridized carbons (Fsp3) is 0.120. The number of aromatic nitrogens is 5. The van der Waals surface area contributed by atoms with Gasteiger partial charge in [0.2, 0.25) is 0 Å². The molecule has 6 rings (SSSR count). The summed E-state index contributed by atoms with van der Waals surface area (Å²) in [5.41, 5.74) is 3.56. The maximum absolute atomic E-state index is 9.99. The molecule has 9 heteroatoms. The Bertz CT molecular complexity index is 1630. The van der Waals surface area contributed by atoms with Gasteiger partial charge in [-0.1, -0.05) is 18.2 Å². The van der Waals surface area contributed by atoms with Crippen LogP contribution in [0.3, 0.4) is 0 Å². The molecule has 0 aliphatic carbocycles. The van der Waals surface area contributed by atoms with E-state index in [-0.39, 0.29) is 6.61 Å². The SMILES string of the molecule is OCC(O)c1ccc2c(c1)sc1ncnc(Nc3ccc4c(cnn4Cc4ccccn4)c3)c12. The zero-order chi connectivity index (χ0) is 23.1. The lowest BCUT2D eigenvalue weighted by Gasteiger charge is -2.09. The molecule has 34 heavy (non-hydrogen) atoms. The molecule has 0 fully saturated rings. The monoisotopic (exact) mass is 468 g/mol. The number of rotatable bonds is 6. The van der Waals surface area contributed by atoms with Gasteiger partial charge in [-0.2, -0.15) is 5.10 Å². The first-order chi connectivity index (χ1) is 16.7. The molecule has 0 amide bonds. The Morgan fingerprint density at radius 2 is 1.97 bits per heavy atom. The zero-order valence-corrected chi connectivity index (χ0v) is 18.8. The highest BCUT2D eigenvalue weighted by Crippen LogP contribution is 2.38. The number of anilines is 2. The third-order valence-electron chi connectivity index (χ3n) is 5.79. The second-order valence-corrected chi connectivity index (χ2v) is 9.01. The van der Waals surface area contributed by atoms with Crippen molar-refractivity contribution in [3.63, 3.8) is 0 Å². The molecule has 168 valence electrons. The Kier molecular flexibility index (Phi) is 5.14. The Labute approximate surface area is 198 Å². The Balaban J connectivity index is 1.35. The average Bonchev–Trinajstić information content (AvgIpc) is 3.45. The second-order valence-electron chi connectivity index (χ2n) is 7.98. The lowest BCUT2D eigenvalue weighted by atomic mass is 10.1. The number of aliphatic hydroxyl groups is 2. The number of pyridine rings is 1. The van der Waals surface area contributed by atoms with Gasteiger partial charge in [0, 0.05) is 27.4 Å². The third-order valence-corrected chi connectivity index (χ3v) is 6.85. The van der Waals surface area contributed by atoms with Crippen molar-refractivity contribution in [1.82, 2.24) is 24.7 Å². The predicted octanol–water partition coefficient (Wildman–Crippen LogP) is 4.41. The molecule has 6 aromatic rings. The lowest BCUT2D eigenvalue weighted by Crippen LogP contribution is -2.02. The van der Waals surface area contributed by atoms with Crippen molar-refractivity contribution in [3.05, 3.63) is 84.6 Å². The van der Waals surface area contributed by atoms with E-state index >= 15 is 0 Å². The van der Waals surface area contributed by atoms with E-state index in [1.807, 2.05) is 59.4 Å². The van der Waals surface area contributed by atoms with Gasteiger partial charge >= 0.3 is 0 Å². The number of nitrogens with zero attached hydrogens (tertiary/aromatic N) is 5. The molecule has 1 atom stereocenters. The molecule has 1 unspecified atom stereocenters. The molecule has 4 aromatic heterocycles. The van der Waals surface area contributed by atoms with Gasteiger partial charge in [0.1, 0.15) is 23.1 Å². The van der Waals surface area contributed by atoms with Crippen LogP contribution in [0.25, 0.3) is 31.2 Å². The number of benzene rings is 2. The minimum atomic E-state index is -0.899. The molecule has 4 heterocycles. The molecular weight excluding hydrogens is 448 g/mol. The van der Waals surface area contributed by atoms with Crippen LogP contribution in [0.15, 0.2) is 73.3 Å². The van der Waals surface area contributed by atoms with Gasteiger partial charge in [-0.25, -0.2) is 9.97 Å². The first kappa shape index (κ1) is 20.7. The quantitative estimate of drug-likeness (QED) is 0.332. The van der Waals surface area contributed by atoms with E-state index < -0.39 is 6.10 Å². The van der Waals surface area contributed by atoms with E-state index in [4.69, 9.17) is 0 Å². The standard InChI is InChI=1S/C25H20N6O2S/c32-13-21(33)15-4-6-19-22(10-15)34-25-23(19)24(27-14-28-25)30-17-5-7-20-16(9-17)11-29-31(20)12-18-3-1-2-8-26-18/h1-11,14,21,32-33H,12-13H2,(H,27,28,30). The van der Waals surface area contributed by atoms with Gasteiger partial charge in [-0.3, -0.25) is 9.67 Å². The van der Waals surface area contributed by atoms with Crippen LogP contribution in [0.2, 0.25) is 0 Å². The van der Waals surface area contributed by atoms with Crippen molar-refractivity contribution >= 4 is 54.0 Å². The van der Waals surface area contributed by atoms with Crippen LogP contribution in [-0.4, -0.2) is 41.6 Å². The average molecular weight is 469 g/mol. The van der Waals surface area contributed by atoms with Crippen molar-refractivity contribution in [2.45, 2.75) is 12.6 Å². The van der Waals surface area contributed by atoms with Gasteiger partial charge in [0.15, 0.2) is 0 Å². The van der Waals surface area contributed by atoms with Crippen LogP contribution in [-0.2, 0) is 6.54 Å². The largest absolute Gasteiger partial charge is 0.393 e. The number of aliphatic hydroxyl groups excluding tert-OH is 2. The third kappa shape index (κ3) is 3.65. The van der Waals surface area contributed by atoms with Crippen LogP contribution in [0.1, 0.15) is 17.4 Å². The van der Waals surface area contributed by atoms with E-state index in [1.165, 1.54) is 11.3 Å². The van der Waals surface area contributed by atoms with E-state index in [1.54, 1.807) is 12.5 Å². The molecule has 0 saturated carbocycles. The number of thiophene rings is 1. The number of hydrogen-bond donors (Lipinski definition) is 3. The van der Waals surface area contributed by atoms with Gasteiger partial charge in [-0.05, 0) is 42.0 Å². The zero-order valence-electron chi connectivity index (χ0n) is 18.0. The highest BCUT2D eigenvalue weighted by Gasteiger charge is 2.15. The van der Waals surface area contributed by atoms with E-state index in [9.17, 15) is 10.2 Å². The summed E-state index contributed by atoms with van der Waals surface area (Å²) < 4.78 is 2.92. The Morgan fingerprint density at radius 1 is 1.03 bits per heavy atom. The summed E-state index contributed by atoms with van der Waals surface area (Å²) in [6.07, 6.45) is 4.29. The minimum absolute atomic E-state index is 0.316. The molecule has 0 saturated heterocycles. The van der Waals surface area contributed by atoms with Crippen molar-refractivity contribution in [2.24, 2.45) is 0 Å². The van der Waals surface area contributed by atoms with E-state index in [2.05, 4.69) is 31.4 Å². The van der Waals surface area contributed by atoms with Gasteiger partial charge in [0.05, 0.1) is 35.9 Å². The fourth-order valence-electron chi connectivity index (χ4n) is 4.10. The van der Waals surface area contributed by atoms with Crippen LogP contribution >= 0.6 is 11.3 Å². The van der Waals surface area contributed by atoms with Gasteiger partial charge in [-0.15, -0.1) is 11.3 Å². The smallest absolute Gasteiger partial charge is 0.143 e. The van der Waals surface area contributed by atoms with Gasteiger partial charge in [0.25, 0.3) is 0 Å². The molecule has 3 N–H and O–H groups in total. The minimum Gasteiger partial charge on any atom is -0.393 e. The summed E-state index contributed by atoms with van der Waals surface area (Å²) in [6.45, 7) is 0.293. The van der Waals surface area contributed by atoms with Crippen LogP contribution in [0.4, 0.5) is 11.5 Å². The maximum atomic E-state index is 9.99. The van der Waals surface area contributed by atoms with E-state index in [0.717, 1.165) is 42.6 Å². The van der Waals surface area contributed by atoms with Crippen LogP contribution < -0.4 is 5.32 Å². The topological polar surface area (TPSA) is 109 Å². The summed E-state index contributed by atoms with van der Waals surface area (Å²) in [7, 11) is 0. The summed E-state index contributed by atoms with van der Waals surface area (Å²) in [5.74, 6) is 0.715. The molecule has 0 aliphatic rings. The number of fused-ring (bicyclic) bond motifs is 4. The summed E-state index contributed by atoms with van der Waals surface area (Å²) in [5, 5.41) is 30.2. The fourth-order valence-corrected chi connectivity index (χ4v) is 5.20. The first-order valence-electron chi connectivity index (χ1n) is 10.8. The number of nitrogens with one attached hydrogen (secondary N) is 1. The molecule has 8 nitrogen and oxygen atoms in total. The lowest BCUT2D eigenvalue weighted by molar-refractivity contribution is 0.0957.